The summed E-state index contributed by atoms with van der Waals surface area (Å²) in [5.41, 5.74) is 6.73. The Morgan fingerprint density at radius 3 is 2.61 bits per heavy atom. The molecule has 0 spiro atoms. The number of benzene rings is 1. The molecule has 1 aromatic carbocycles. The van der Waals surface area contributed by atoms with E-state index in [1.54, 1.807) is 12.1 Å². The van der Waals surface area contributed by atoms with Crippen molar-refractivity contribution in [3.8, 4) is 0 Å². The molecule has 6 heteroatoms. The maximum Gasteiger partial charge on any atom is 0.222 e. The van der Waals surface area contributed by atoms with Gasteiger partial charge in [-0.3, -0.25) is 0 Å². The van der Waals surface area contributed by atoms with Crippen molar-refractivity contribution in [3.05, 3.63) is 52.6 Å². The van der Waals surface area contributed by atoms with Gasteiger partial charge in [0.2, 0.25) is 5.95 Å². The number of halogens is 2. The number of rotatable bonds is 4. The molecule has 2 aromatic rings. The number of hydrogen-bond donors (Lipinski definition) is 2. The van der Waals surface area contributed by atoms with E-state index in [2.05, 4.69) is 15.3 Å². The summed E-state index contributed by atoms with van der Waals surface area (Å²) in [7, 11) is 0. The summed E-state index contributed by atoms with van der Waals surface area (Å²) in [6.07, 6.45) is 2.95. The minimum Gasteiger partial charge on any atom is -0.350 e. The highest BCUT2D eigenvalue weighted by Crippen LogP contribution is 2.12. The first-order valence-electron chi connectivity index (χ1n) is 5.38. The molecule has 2 rings (SSSR count). The van der Waals surface area contributed by atoms with Crippen LogP contribution in [-0.2, 0) is 13.1 Å². The molecule has 1 heterocycles. The van der Waals surface area contributed by atoms with Crippen molar-refractivity contribution in [1.29, 1.82) is 0 Å². The highest BCUT2D eigenvalue weighted by atomic mass is 35.5. The Morgan fingerprint density at radius 1 is 1.28 bits per heavy atom. The number of nitrogens with zero attached hydrogens (tertiary/aromatic N) is 2. The van der Waals surface area contributed by atoms with E-state index in [-0.39, 0.29) is 5.82 Å². The first-order valence-corrected chi connectivity index (χ1v) is 5.75. The lowest BCUT2D eigenvalue weighted by atomic mass is 10.1. The summed E-state index contributed by atoms with van der Waals surface area (Å²) in [6.45, 7) is 0.628. The molecule has 0 aliphatic heterocycles. The Kier molecular flexibility index (Phi) is 4.07. The van der Waals surface area contributed by atoms with Gasteiger partial charge in [-0.05, 0) is 11.6 Å². The second kappa shape index (κ2) is 5.75. The Bertz CT molecular complexity index is 530. The highest BCUT2D eigenvalue weighted by molar-refractivity contribution is 6.30. The SMILES string of the molecule is NCc1ccc(CNc2ncc(Cl)cn2)c(F)c1. The van der Waals surface area contributed by atoms with Crippen LogP contribution in [0.4, 0.5) is 10.3 Å². The normalized spacial score (nSPS) is 10.4. The first kappa shape index (κ1) is 12.7. The zero-order valence-electron chi connectivity index (χ0n) is 9.53. The van der Waals surface area contributed by atoms with Crippen LogP contribution in [0.3, 0.4) is 0 Å². The summed E-state index contributed by atoms with van der Waals surface area (Å²) in [5.74, 6) is 0.112. The smallest absolute Gasteiger partial charge is 0.222 e. The van der Waals surface area contributed by atoms with Crippen molar-refractivity contribution in [1.82, 2.24) is 9.97 Å². The molecule has 0 fully saturated rings. The molecule has 0 saturated carbocycles. The van der Waals surface area contributed by atoms with Gasteiger partial charge in [0.1, 0.15) is 5.82 Å². The third kappa shape index (κ3) is 3.15. The van der Waals surface area contributed by atoms with Gasteiger partial charge < -0.3 is 11.1 Å². The van der Waals surface area contributed by atoms with Crippen molar-refractivity contribution in [3.63, 3.8) is 0 Å². The average Bonchev–Trinajstić information content (AvgIpc) is 2.39. The third-order valence-electron chi connectivity index (χ3n) is 2.41. The molecule has 4 nitrogen and oxygen atoms in total. The highest BCUT2D eigenvalue weighted by Gasteiger charge is 2.04. The fraction of sp³-hybridized carbons (Fsp3) is 0.167. The second-order valence-corrected chi connectivity index (χ2v) is 4.14. The van der Waals surface area contributed by atoms with Crippen LogP contribution < -0.4 is 11.1 Å². The summed E-state index contributed by atoms with van der Waals surface area (Å²) < 4.78 is 13.6. The lowest BCUT2D eigenvalue weighted by molar-refractivity contribution is 0.610. The van der Waals surface area contributed by atoms with Crippen LogP contribution in [0.2, 0.25) is 5.02 Å². The first-order chi connectivity index (χ1) is 8.69. The fourth-order valence-corrected chi connectivity index (χ4v) is 1.54. The predicted molar refractivity (Wildman–Crippen MR) is 68.7 cm³/mol. The van der Waals surface area contributed by atoms with Crippen LogP contribution in [0, 0.1) is 5.82 Å². The van der Waals surface area contributed by atoms with Gasteiger partial charge in [0.05, 0.1) is 17.4 Å². The van der Waals surface area contributed by atoms with E-state index < -0.39 is 0 Å². The molecule has 3 N–H and O–H groups in total. The number of nitrogens with two attached hydrogens (primary N) is 1. The van der Waals surface area contributed by atoms with Gasteiger partial charge in [0.15, 0.2) is 0 Å². The van der Waals surface area contributed by atoms with Gasteiger partial charge >= 0.3 is 0 Å². The van der Waals surface area contributed by atoms with Crippen LogP contribution in [0.5, 0.6) is 0 Å². The number of nitrogens with one attached hydrogen (secondary N) is 1. The third-order valence-corrected chi connectivity index (χ3v) is 2.61. The molecule has 0 aliphatic carbocycles. The van der Waals surface area contributed by atoms with Crippen molar-refractivity contribution < 1.29 is 4.39 Å². The molecule has 0 aliphatic rings. The van der Waals surface area contributed by atoms with Gasteiger partial charge in [-0.2, -0.15) is 0 Å². The van der Waals surface area contributed by atoms with Gasteiger partial charge in [0, 0.05) is 18.7 Å². The Labute approximate surface area is 109 Å². The van der Waals surface area contributed by atoms with Crippen molar-refractivity contribution in [2.75, 3.05) is 5.32 Å². The molecule has 0 atom stereocenters. The Hall–Kier alpha value is -1.72. The monoisotopic (exact) mass is 266 g/mol. The zero-order chi connectivity index (χ0) is 13.0. The average molecular weight is 267 g/mol. The number of aromatic nitrogens is 2. The molecule has 0 unspecified atom stereocenters. The van der Waals surface area contributed by atoms with Gasteiger partial charge in [-0.25, -0.2) is 14.4 Å². The van der Waals surface area contributed by atoms with E-state index in [1.165, 1.54) is 18.5 Å². The maximum absolute atomic E-state index is 13.6. The largest absolute Gasteiger partial charge is 0.350 e. The zero-order valence-corrected chi connectivity index (χ0v) is 10.3. The molecule has 0 amide bonds. The summed E-state index contributed by atoms with van der Waals surface area (Å²) in [6, 6.07) is 4.92. The standard InChI is InChI=1S/C12H12ClFN4/c13-10-6-17-12(18-7-10)16-5-9-2-1-8(4-15)3-11(9)14/h1-3,6-7H,4-5,15H2,(H,16,17,18). The molecule has 0 bridgehead atoms. The van der Waals surface area contributed by atoms with E-state index in [4.69, 9.17) is 17.3 Å². The Morgan fingerprint density at radius 2 is 2.00 bits per heavy atom. The van der Waals surface area contributed by atoms with Gasteiger partial charge in [-0.1, -0.05) is 23.7 Å². The predicted octanol–water partition coefficient (Wildman–Crippen LogP) is 2.34. The summed E-state index contributed by atoms with van der Waals surface area (Å²) in [5, 5.41) is 3.37. The van der Waals surface area contributed by atoms with Crippen molar-refractivity contribution >= 4 is 17.5 Å². The van der Waals surface area contributed by atoms with Crippen molar-refractivity contribution in [2.24, 2.45) is 5.73 Å². The quantitative estimate of drug-likeness (QED) is 0.892. The summed E-state index contributed by atoms with van der Waals surface area (Å²) >= 11 is 5.66. The van der Waals surface area contributed by atoms with E-state index in [9.17, 15) is 4.39 Å². The molecular weight excluding hydrogens is 255 g/mol. The van der Waals surface area contributed by atoms with Crippen molar-refractivity contribution in [2.45, 2.75) is 13.1 Å². The number of hydrogen-bond acceptors (Lipinski definition) is 4. The van der Waals surface area contributed by atoms with E-state index in [0.717, 1.165) is 5.56 Å². The molecule has 0 radical (unpaired) electrons. The molecule has 18 heavy (non-hydrogen) atoms. The maximum atomic E-state index is 13.6. The minimum absolute atomic E-state index is 0.292. The Balaban J connectivity index is 2.04. The van der Waals surface area contributed by atoms with E-state index >= 15 is 0 Å². The molecule has 0 saturated heterocycles. The van der Waals surface area contributed by atoms with E-state index in [0.29, 0.717) is 29.6 Å². The fourth-order valence-electron chi connectivity index (χ4n) is 1.44. The summed E-state index contributed by atoms with van der Waals surface area (Å²) in [4.78, 5) is 7.92. The van der Waals surface area contributed by atoms with E-state index in [1.807, 2.05) is 0 Å². The number of anilines is 1. The topological polar surface area (TPSA) is 63.8 Å². The van der Waals surface area contributed by atoms with Crippen LogP contribution >= 0.6 is 11.6 Å². The van der Waals surface area contributed by atoms with Crippen LogP contribution in [-0.4, -0.2) is 9.97 Å². The minimum atomic E-state index is -0.292. The van der Waals surface area contributed by atoms with Gasteiger partial charge in [-0.15, -0.1) is 0 Å². The van der Waals surface area contributed by atoms with Crippen LogP contribution in [0.1, 0.15) is 11.1 Å². The van der Waals surface area contributed by atoms with Gasteiger partial charge in [0.25, 0.3) is 0 Å². The van der Waals surface area contributed by atoms with Crippen LogP contribution in [0.25, 0.3) is 0 Å². The molecule has 94 valence electrons. The second-order valence-electron chi connectivity index (χ2n) is 3.71. The van der Waals surface area contributed by atoms with Crippen LogP contribution in [0.15, 0.2) is 30.6 Å². The lowest BCUT2D eigenvalue weighted by Crippen LogP contribution is -2.06. The molecular formula is C12H12ClFN4. The lowest BCUT2D eigenvalue weighted by Gasteiger charge is -2.07. The molecule has 1 aromatic heterocycles.